The number of primary amides is 1. The number of amides is 4. The highest BCUT2D eigenvalue weighted by Gasteiger charge is 2.67. The summed E-state index contributed by atoms with van der Waals surface area (Å²) in [7, 11) is 3.00. The summed E-state index contributed by atoms with van der Waals surface area (Å²) >= 11 is 3.87. The fourth-order valence-electron chi connectivity index (χ4n) is 3.98. The molecule has 0 aromatic carbocycles. The molecule has 0 saturated carbocycles. The topological polar surface area (TPSA) is 182 Å². The second-order valence-electron chi connectivity index (χ2n) is 7.87. The molecule has 4 rings (SSSR count). The number of nitrogens with one attached hydrogen (secondary N) is 2. The van der Waals surface area contributed by atoms with E-state index in [1.807, 2.05) is 0 Å². The first kappa shape index (κ1) is 26.0. The quantitative estimate of drug-likeness (QED) is 0.193. The van der Waals surface area contributed by atoms with E-state index >= 15 is 0 Å². The number of urea groups is 1. The average molecular weight is 554 g/mol. The molecule has 0 radical (unpaired) electrons. The Bertz CT molecular complexity index is 1230. The van der Waals surface area contributed by atoms with Crippen LogP contribution in [-0.4, -0.2) is 78.5 Å². The molecule has 5 N–H and O–H groups in total. The number of nitrogens with zero attached hydrogens (tertiary/aromatic N) is 4. The summed E-state index contributed by atoms with van der Waals surface area (Å²) in [5.74, 6) is -2.09. The van der Waals surface area contributed by atoms with Crippen LogP contribution in [0.25, 0.3) is 0 Å². The van der Waals surface area contributed by atoms with Crippen molar-refractivity contribution in [1.29, 1.82) is 0 Å². The predicted molar refractivity (Wildman–Crippen MR) is 132 cm³/mol. The molecule has 2 aliphatic rings. The maximum absolute atomic E-state index is 13.4. The number of hydrogen-bond acceptors (Lipinski definition) is 10. The zero-order valence-electron chi connectivity index (χ0n) is 19.4. The maximum atomic E-state index is 13.4. The van der Waals surface area contributed by atoms with Crippen molar-refractivity contribution >= 4 is 58.7 Å². The zero-order valence-corrected chi connectivity index (χ0v) is 21.8. The molecular weight excluding hydrogens is 530 g/mol. The smallest absolute Gasteiger partial charge is 0.352 e. The Hall–Kier alpha value is -3.08. The van der Waals surface area contributed by atoms with Crippen molar-refractivity contribution in [3.8, 4) is 0 Å². The van der Waals surface area contributed by atoms with Crippen LogP contribution in [0.5, 0.6) is 0 Å². The Kier molecular flexibility index (Phi) is 7.31. The SMILES string of the molecule is CO[C@]1(NC(=O)C(NC(N)=O)c2cccs2)C(=O)N2C(C(=O)O)=C(CSc3c(C)nnn3C)CSC21. The van der Waals surface area contributed by atoms with Gasteiger partial charge >= 0.3 is 12.0 Å². The van der Waals surface area contributed by atoms with Crippen LogP contribution < -0.4 is 16.4 Å². The molecular formula is C20H23N7O6S3. The summed E-state index contributed by atoms with van der Waals surface area (Å²) in [6, 6.07) is 1.28. The Morgan fingerprint density at radius 1 is 1.44 bits per heavy atom. The van der Waals surface area contributed by atoms with Crippen molar-refractivity contribution in [1.82, 2.24) is 30.5 Å². The molecule has 2 unspecified atom stereocenters. The highest BCUT2D eigenvalue weighted by Crippen LogP contribution is 2.47. The van der Waals surface area contributed by atoms with E-state index in [9.17, 15) is 24.3 Å². The number of ether oxygens (including phenoxy) is 1. The fourth-order valence-corrected chi connectivity index (χ4v) is 7.34. The molecule has 4 heterocycles. The van der Waals surface area contributed by atoms with Gasteiger partial charge in [-0.2, -0.15) is 0 Å². The monoisotopic (exact) mass is 553 g/mol. The number of carbonyl (C=O) groups excluding carboxylic acids is 3. The number of carbonyl (C=O) groups is 4. The largest absolute Gasteiger partial charge is 0.477 e. The van der Waals surface area contributed by atoms with Crippen molar-refractivity contribution in [3.05, 3.63) is 39.4 Å². The number of aromatic nitrogens is 3. The van der Waals surface area contributed by atoms with Gasteiger partial charge in [0, 0.05) is 30.5 Å². The number of thiophene rings is 1. The van der Waals surface area contributed by atoms with E-state index in [1.165, 1.54) is 42.0 Å². The molecule has 2 aromatic heterocycles. The minimum Gasteiger partial charge on any atom is -0.477 e. The summed E-state index contributed by atoms with van der Waals surface area (Å²) in [5, 5.41) is 24.5. The van der Waals surface area contributed by atoms with Gasteiger partial charge in [0.05, 0.1) is 5.69 Å². The molecule has 2 aromatic rings. The molecule has 3 atom stereocenters. The van der Waals surface area contributed by atoms with Crippen LogP contribution in [0.2, 0.25) is 0 Å². The number of β-lactam (4-membered cyclic amide) rings is 1. The minimum atomic E-state index is -1.81. The first-order valence-electron chi connectivity index (χ1n) is 10.5. The second-order valence-corrected chi connectivity index (χ2v) is 10.9. The first-order chi connectivity index (χ1) is 17.1. The van der Waals surface area contributed by atoms with E-state index in [1.54, 1.807) is 36.2 Å². The minimum absolute atomic E-state index is 0.143. The van der Waals surface area contributed by atoms with Gasteiger partial charge in [0.15, 0.2) is 0 Å². The van der Waals surface area contributed by atoms with E-state index in [0.717, 1.165) is 9.93 Å². The molecule has 16 heteroatoms. The van der Waals surface area contributed by atoms with Gasteiger partial charge in [-0.25, -0.2) is 14.3 Å². The van der Waals surface area contributed by atoms with Crippen LogP contribution in [0, 0.1) is 6.92 Å². The summed E-state index contributed by atoms with van der Waals surface area (Å²) in [5.41, 5.74) is 4.56. The van der Waals surface area contributed by atoms with Gasteiger partial charge in [0.1, 0.15) is 22.1 Å². The highest BCUT2D eigenvalue weighted by molar-refractivity contribution is 8.01. The van der Waals surface area contributed by atoms with E-state index in [2.05, 4.69) is 20.9 Å². The van der Waals surface area contributed by atoms with E-state index < -0.39 is 41.0 Å². The highest BCUT2D eigenvalue weighted by atomic mass is 32.2. The Morgan fingerprint density at radius 2 is 2.19 bits per heavy atom. The van der Waals surface area contributed by atoms with Crippen molar-refractivity contribution in [3.63, 3.8) is 0 Å². The normalized spacial score (nSPS) is 22.0. The molecule has 36 heavy (non-hydrogen) atoms. The number of carboxylic acid groups (broad SMARTS) is 1. The summed E-state index contributed by atoms with van der Waals surface area (Å²) in [6.07, 6.45) is 0. The Balaban J connectivity index is 1.58. The van der Waals surface area contributed by atoms with Crippen molar-refractivity contribution in [2.75, 3.05) is 18.6 Å². The Labute approximate surface area is 217 Å². The van der Waals surface area contributed by atoms with Gasteiger partial charge in [-0.3, -0.25) is 14.5 Å². The van der Waals surface area contributed by atoms with Gasteiger partial charge in [-0.1, -0.05) is 11.3 Å². The van der Waals surface area contributed by atoms with Gasteiger partial charge in [0.2, 0.25) is 0 Å². The predicted octanol–water partition coefficient (Wildman–Crippen LogP) is 0.399. The summed E-state index contributed by atoms with van der Waals surface area (Å²) < 4.78 is 7.09. The fraction of sp³-hybridized carbons (Fsp3) is 0.400. The number of aryl methyl sites for hydroxylation is 2. The van der Waals surface area contributed by atoms with Crippen molar-refractivity contribution in [2.24, 2.45) is 12.8 Å². The third-order valence-corrected chi connectivity index (χ3v) is 9.27. The third kappa shape index (κ3) is 4.44. The van der Waals surface area contributed by atoms with E-state index in [-0.39, 0.29) is 5.70 Å². The van der Waals surface area contributed by atoms with Gasteiger partial charge in [-0.15, -0.1) is 40.0 Å². The molecule has 0 aliphatic carbocycles. The lowest BCUT2D eigenvalue weighted by atomic mass is 9.97. The summed E-state index contributed by atoms with van der Waals surface area (Å²) in [4.78, 5) is 51.9. The van der Waals surface area contributed by atoms with E-state index in [0.29, 0.717) is 27.6 Å². The van der Waals surface area contributed by atoms with Gasteiger partial charge < -0.3 is 26.2 Å². The average Bonchev–Trinajstić information content (AvgIpc) is 3.48. The molecule has 4 amide bonds. The second kappa shape index (κ2) is 10.1. The number of carboxylic acids is 1. The number of methoxy groups -OCH3 is 1. The standard InChI is InChI=1S/C20H23N7O6S3/c1-9-15(26(2)25-24-9)35-7-10-8-36-18-20(33-3,17(31)27(18)13(10)16(29)30)23-14(28)12(22-19(21)32)11-5-4-6-34-11/h4-6,12,18H,7-8H2,1-3H3,(H,23,28)(H,29,30)(H3,21,22,32)/t12?,18?,20-/m1/s1. The summed E-state index contributed by atoms with van der Waals surface area (Å²) in [6.45, 7) is 1.80. The van der Waals surface area contributed by atoms with Crippen molar-refractivity contribution in [2.45, 2.75) is 29.1 Å². The molecule has 192 valence electrons. The molecule has 0 spiro atoms. The maximum Gasteiger partial charge on any atom is 0.352 e. The van der Waals surface area contributed by atoms with Crippen LogP contribution >= 0.6 is 34.9 Å². The van der Waals surface area contributed by atoms with Crippen LogP contribution in [0.1, 0.15) is 16.6 Å². The molecule has 13 nitrogen and oxygen atoms in total. The molecule has 2 aliphatic heterocycles. The number of nitrogens with two attached hydrogens (primary N) is 1. The molecule has 0 bridgehead atoms. The van der Waals surface area contributed by atoms with Crippen LogP contribution in [-0.2, 0) is 26.2 Å². The van der Waals surface area contributed by atoms with Gasteiger partial charge in [-0.05, 0) is 23.9 Å². The molecule has 1 fully saturated rings. The Morgan fingerprint density at radius 3 is 2.75 bits per heavy atom. The number of fused-ring (bicyclic) bond motifs is 1. The van der Waals surface area contributed by atoms with E-state index in [4.69, 9.17) is 10.5 Å². The van der Waals surface area contributed by atoms with Crippen LogP contribution in [0.15, 0.2) is 33.8 Å². The molecule has 1 saturated heterocycles. The van der Waals surface area contributed by atoms with Gasteiger partial charge in [0.25, 0.3) is 17.5 Å². The van der Waals surface area contributed by atoms with Crippen LogP contribution in [0.4, 0.5) is 4.79 Å². The van der Waals surface area contributed by atoms with Crippen molar-refractivity contribution < 1.29 is 29.0 Å². The van der Waals surface area contributed by atoms with Crippen LogP contribution in [0.3, 0.4) is 0 Å². The number of thioether (sulfide) groups is 2. The number of hydrogen-bond donors (Lipinski definition) is 4. The zero-order chi connectivity index (χ0) is 26.2. The lowest BCUT2D eigenvalue weighted by Gasteiger charge is -2.56. The number of rotatable bonds is 9. The lowest BCUT2D eigenvalue weighted by Crippen LogP contribution is -2.81. The lowest BCUT2D eigenvalue weighted by molar-refractivity contribution is -0.192. The first-order valence-corrected chi connectivity index (χ1v) is 13.4. The number of aliphatic carboxylic acids is 1. The third-order valence-electron chi connectivity index (χ3n) is 5.64.